The summed E-state index contributed by atoms with van der Waals surface area (Å²) in [6.07, 6.45) is 3.88. The van der Waals surface area contributed by atoms with Gasteiger partial charge in [0.15, 0.2) is 16.7 Å². The van der Waals surface area contributed by atoms with Crippen LogP contribution in [0.25, 0.3) is 0 Å². The lowest BCUT2D eigenvalue weighted by molar-refractivity contribution is 0.355. The molecular weight excluding hydrogens is 274 g/mol. The van der Waals surface area contributed by atoms with Gasteiger partial charge in [0.2, 0.25) is 0 Å². The maximum atomic E-state index is 5.34. The minimum atomic E-state index is 0.712. The van der Waals surface area contributed by atoms with Crippen LogP contribution in [0, 0.1) is 0 Å². The standard InChI is InChI=1S/C14H19N3O2S/c1-16(13-9-15-14(20-5)17(13)2)10-6-7-11(18-3)12(8-10)19-4/h6-9H,1-5H3. The molecule has 2 aromatic rings. The largest absolute Gasteiger partial charge is 0.493 e. The van der Waals surface area contributed by atoms with Gasteiger partial charge in [-0.25, -0.2) is 4.98 Å². The van der Waals surface area contributed by atoms with Gasteiger partial charge >= 0.3 is 0 Å². The number of thioether (sulfide) groups is 1. The van der Waals surface area contributed by atoms with Crippen LogP contribution < -0.4 is 14.4 Å². The van der Waals surface area contributed by atoms with Crippen molar-refractivity contribution in [3.05, 3.63) is 24.4 Å². The molecule has 2 rings (SSSR count). The van der Waals surface area contributed by atoms with E-state index in [9.17, 15) is 0 Å². The number of imidazole rings is 1. The van der Waals surface area contributed by atoms with Crippen LogP contribution in [-0.2, 0) is 7.05 Å². The van der Waals surface area contributed by atoms with Crippen LogP contribution in [-0.4, -0.2) is 37.1 Å². The van der Waals surface area contributed by atoms with Gasteiger partial charge in [-0.1, -0.05) is 11.8 Å². The smallest absolute Gasteiger partial charge is 0.169 e. The highest BCUT2D eigenvalue weighted by atomic mass is 32.2. The molecular formula is C14H19N3O2S. The van der Waals surface area contributed by atoms with Gasteiger partial charge in [-0.15, -0.1) is 0 Å². The lowest BCUT2D eigenvalue weighted by atomic mass is 10.2. The fourth-order valence-electron chi connectivity index (χ4n) is 2.05. The molecule has 1 aromatic carbocycles. The summed E-state index contributed by atoms with van der Waals surface area (Å²) in [4.78, 5) is 6.45. The van der Waals surface area contributed by atoms with Crippen LogP contribution >= 0.6 is 11.8 Å². The third kappa shape index (κ3) is 2.56. The molecule has 1 aromatic heterocycles. The fraction of sp³-hybridized carbons (Fsp3) is 0.357. The molecule has 0 bridgehead atoms. The van der Waals surface area contributed by atoms with E-state index < -0.39 is 0 Å². The Bertz CT molecular complexity index is 598. The third-order valence-electron chi connectivity index (χ3n) is 3.20. The predicted octanol–water partition coefficient (Wildman–Crippen LogP) is 2.93. The van der Waals surface area contributed by atoms with Gasteiger partial charge in [0, 0.05) is 25.8 Å². The van der Waals surface area contributed by atoms with Crippen LogP contribution in [0.3, 0.4) is 0 Å². The molecule has 0 atom stereocenters. The minimum Gasteiger partial charge on any atom is -0.493 e. The molecule has 5 nitrogen and oxygen atoms in total. The molecule has 0 aliphatic heterocycles. The molecule has 0 spiro atoms. The summed E-state index contributed by atoms with van der Waals surface area (Å²) in [6.45, 7) is 0. The SMILES string of the molecule is COc1ccc(N(C)c2cnc(SC)n2C)cc1OC. The number of methoxy groups -OCH3 is 2. The van der Waals surface area contributed by atoms with E-state index >= 15 is 0 Å². The van der Waals surface area contributed by atoms with Gasteiger partial charge in [0.1, 0.15) is 5.82 Å². The monoisotopic (exact) mass is 293 g/mol. The first-order valence-corrected chi connectivity index (χ1v) is 7.36. The highest BCUT2D eigenvalue weighted by molar-refractivity contribution is 7.98. The predicted molar refractivity (Wildman–Crippen MR) is 82.6 cm³/mol. The van der Waals surface area contributed by atoms with Crippen molar-refractivity contribution < 1.29 is 9.47 Å². The van der Waals surface area contributed by atoms with Crippen molar-refractivity contribution in [2.45, 2.75) is 5.16 Å². The van der Waals surface area contributed by atoms with Crippen molar-refractivity contribution in [3.63, 3.8) is 0 Å². The molecule has 0 aliphatic carbocycles. The van der Waals surface area contributed by atoms with Crippen molar-refractivity contribution in [2.24, 2.45) is 7.05 Å². The normalized spacial score (nSPS) is 10.4. The van der Waals surface area contributed by atoms with E-state index in [-0.39, 0.29) is 0 Å². The first-order chi connectivity index (χ1) is 9.62. The second-order valence-corrected chi connectivity index (χ2v) is 5.03. The molecule has 0 unspecified atom stereocenters. The second-order valence-electron chi connectivity index (χ2n) is 4.26. The summed E-state index contributed by atoms with van der Waals surface area (Å²) in [5.41, 5.74) is 1.01. The summed E-state index contributed by atoms with van der Waals surface area (Å²) < 4.78 is 12.7. The Hall–Kier alpha value is -1.82. The van der Waals surface area contributed by atoms with Crippen molar-refractivity contribution >= 4 is 23.3 Å². The van der Waals surface area contributed by atoms with Crippen LogP contribution in [0.15, 0.2) is 29.6 Å². The number of rotatable bonds is 5. The highest BCUT2D eigenvalue weighted by Gasteiger charge is 2.13. The Labute approximate surface area is 123 Å². The number of nitrogens with zero attached hydrogens (tertiary/aromatic N) is 3. The van der Waals surface area contributed by atoms with Gasteiger partial charge in [-0.05, 0) is 18.4 Å². The quantitative estimate of drug-likeness (QED) is 0.793. The van der Waals surface area contributed by atoms with Crippen LogP contribution in [0.1, 0.15) is 0 Å². The van der Waals surface area contributed by atoms with Gasteiger partial charge in [0.25, 0.3) is 0 Å². The summed E-state index contributed by atoms with van der Waals surface area (Å²) in [5, 5.41) is 0.979. The molecule has 20 heavy (non-hydrogen) atoms. The topological polar surface area (TPSA) is 39.5 Å². The molecule has 0 radical (unpaired) electrons. The van der Waals surface area contributed by atoms with E-state index in [0.717, 1.165) is 22.4 Å². The molecule has 0 amide bonds. The van der Waals surface area contributed by atoms with E-state index in [4.69, 9.17) is 9.47 Å². The molecule has 0 saturated carbocycles. The van der Waals surface area contributed by atoms with Crippen molar-refractivity contribution in [1.82, 2.24) is 9.55 Å². The average Bonchev–Trinajstić information content (AvgIpc) is 2.86. The molecule has 0 saturated heterocycles. The number of hydrogen-bond acceptors (Lipinski definition) is 5. The maximum Gasteiger partial charge on any atom is 0.169 e. The Balaban J connectivity index is 2.37. The van der Waals surface area contributed by atoms with Gasteiger partial charge in [-0.2, -0.15) is 0 Å². The lowest BCUT2D eigenvalue weighted by Gasteiger charge is -2.21. The zero-order valence-corrected chi connectivity index (χ0v) is 13.2. The van der Waals surface area contributed by atoms with E-state index in [0.29, 0.717) is 5.75 Å². The van der Waals surface area contributed by atoms with Crippen molar-refractivity contribution in [3.8, 4) is 11.5 Å². The van der Waals surface area contributed by atoms with E-state index in [1.54, 1.807) is 26.0 Å². The fourth-order valence-corrected chi connectivity index (χ4v) is 2.58. The first kappa shape index (κ1) is 14.6. The third-order valence-corrected chi connectivity index (χ3v) is 3.95. The highest BCUT2D eigenvalue weighted by Crippen LogP contribution is 2.34. The van der Waals surface area contributed by atoms with E-state index in [1.165, 1.54) is 0 Å². The molecule has 0 N–H and O–H groups in total. The van der Waals surface area contributed by atoms with Gasteiger partial charge in [-0.3, -0.25) is 0 Å². The van der Waals surface area contributed by atoms with E-state index in [1.807, 2.05) is 44.7 Å². The maximum absolute atomic E-state index is 5.34. The van der Waals surface area contributed by atoms with E-state index in [2.05, 4.69) is 14.5 Å². The zero-order valence-electron chi connectivity index (χ0n) is 12.4. The Morgan fingerprint density at radius 1 is 1.20 bits per heavy atom. The molecule has 0 aliphatic rings. The molecule has 1 heterocycles. The summed E-state index contributed by atoms with van der Waals surface area (Å²) in [6, 6.07) is 5.84. The summed E-state index contributed by atoms with van der Waals surface area (Å²) in [7, 11) is 7.28. The minimum absolute atomic E-state index is 0.712. The van der Waals surface area contributed by atoms with Crippen molar-refractivity contribution in [2.75, 3.05) is 32.4 Å². The van der Waals surface area contributed by atoms with Gasteiger partial charge < -0.3 is 18.9 Å². The molecule has 108 valence electrons. The molecule has 6 heteroatoms. The summed E-state index contributed by atoms with van der Waals surface area (Å²) >= 11 is 1.62. The Morgan fingerprint density at radius 2 is 1.90 bits per heavy atom. The Morgan fingerprint density at radius 3 is 2.45 bits per heavy atom. The average molecular weight is 293 g/mol. The number of aromatic nitrogens is 2. The van der Waals surface area contributed by atoms with Crippen LogP contribution in [0.4, 0.5) is 11.5 Å². The Kier molecular flexibility index (Phi) is 4.44. The first-order valence-electron chi connectivity index (χ1n) is 6.13. The molecule has 0 fully saturated rings. The van der Waals surface area contributed by atoms with Crippen molar-refractivity contribution in [1.29, 1.82) is 0 Å². The van der Waals surface area contributed by atoms with Gasteiger partial charge in [0.05, 0.1) is 20.4 Å². The number of benzene rings is 1. The lowest BCUT2D eigenvalue weighted by Crippen LogP contribution is -2.13. The zero-order chi connectivity index (χ0) is 14.7. The number of hydrogen-bond donors (Lipinski definition) is 0. The second kappa shape index (κ2) is 6.09. The van der Waals surface area contributed by atoms with Crippen LogP contribution in [0.2, 0.25) is 0 Å². The summed E-state index contributed by atoms with van der Waals surface area (Å²) in [5.74, 6) is 2.45. The van der Waals surface area contributed by atoms with Crippen LogP contribution in [0.5, 0.6) is 11.5 Å². The number of anilines is 2. The number of ether oxygens (including phenoxy) is 2.